The van der Waals surface area contributed by atoms with Crippen molar-refractivity contribution < 1.29 is 9.32 Å². The maximum Gasteiger partial charge on any atom is 0.259 e. The Bertz CT molecular complexity index is 563. The first-order chi connectivity index (χ1) is 9.09. The molecule has 0 spiro atoms. The highest BCUT2D eigenvalue weighted by atomic mass is 16.5. The van der Waals surface area contributed by atoms with Crippen LogP contribution in [0.4, 0.5) is 5.88 Å². The van der Waals surface area contributed by atoms with Gasteiger partial charge in [-0.3, -0.25) is 9.78 Å². The van der Waals surface area contributed by atoms with Gasteiger partial charge in [0.2, 0.25) is 5.88 Å². The molecule has 6 heteroatoms. The van der Waals surface area contributed by atoms with Gasteiger partial charge in [0, 0.05) is 24.5 Å². The number of rotatable bonds is 4. The molecule has 100 valence electrons. The van der Waals surface area contributed by atoms with E-state index in [-0.39, 0.29) is 17.4 Å². The van der Waals surface area contributed by atoms with Crippen molar-refractivity contribution in [3.05, 3.63) is 30.1 Å². The molecule has 6 nitrogen and oxygen atoms in total. The Morgan fingerprint density at radius 2 is 2.32 bits per heavy atom. The van der Waals surface area contributed by atoms with Crippen molar-refractivity contribution in [1.29, 1.82) is 0 Å². The quantitative estimate of drug-likeness (QED) is 0.872. The van der Waals surface area contributed by atoms with Gasteiger partial charge in [-0.05, 0) is 18.1 Å². The molecule has 0 bridgehead atoms. The number of carbonyl (C=O) groups excluding carboxylic acids is 1. The van der Waals surface area contributed by atoms with Gasteiger partial charge in [0.1, 0.15) is 11.3 Å². The van der Waals surface area contributed by atoms with Gasteiger partial charge in [-0.15, -0.1) is 0 Å². The molecule has 2 heterocycles. The number of nitrogens with one attached hydrogen (secondary N) is 1. The van der Waals surface area contributed by atoms with Crippen LogP contribution in [0.15, 0.2) is 29.0 Å². The molecular weight excluding hydrogens is 244 g/mol. The van der Waals surface area contributed by atoms with E-state index in [0.29, 0.717) is 23.7 Å². The molecule has 0 saturated heterocycles. The number of carbonyl (C=O) groups is 1. The van der Waals surface area contributed by atoms with Crippen LogP contribution in [0.2, 0.25) is 0 Å². The SMILES string of the molecule is CC(C)CNC(=O)c1c(-c2cccnc2)noc1N. The predicted octanol–water partition coefficient (Wildman–Crippen LogP) is 1.70. The molecule has 1 amide bonds. The molecule has 0 aliphatic rings. The van der Waals surface area contributed by atoms with Crippen LogP contribution in [0, 0.1) is 5.92 Å². The zero-order chi connectivity index (χ0) is 13.8. The van der Waals surface area contributed by atoms with Crippen LogP contribution in [0.1, 0.15) is 24.2 Å². The van der Waals surface area contributed by atoms with E-state index in [2.05, 4.69) is 15.5 Å². The Morgan fingerprint density at radius 1 is 1.53 bits per heavy atom. The fourth-order valence-electron chi connectivity index (χ4n) is 1.61. The summed E-state index contributed by atoms with van der Waals surface area (Å²) in [5, 5.41) is 6.63. The Hall–Kier alpha value is -2.37. The molecule has 0 fully saturated rings. The maximum atomic E-state index is 12.1. The second-order valence-corrected chi connectivity index (χ2v) is 4.62. The minimum absolute atomic E-state index is 0.0140. The summed E-state index contributed by atoms with van der Waals surface area (Å²) in [6, 6.07) is 3.56. The lowest BCUT2D eigenvalue weighted by molar-refractivity contribution is 0.0950. The highest BCUT2D eigenvalue weighted by molar-refractivity contribution is 6.03. The van der Waals surface area contributed by atoms with Gasteiger partial charge in [-0.2, -0.15) is 0 Å². The normalized spacial score (nSPS) is 10.7. The molecule has 0 aromatic carbocycles. The van der Waals surface area contributed by atoms with Gasteiger partial charge in [-0.1, -0.05) is 19.0 Å². The Labute approximate surface area is 111 Å². The summed E-state index contributed by atoms with van der Waals surface area (Å²) in [7, 11) is 0. The zero-order valence-electron chi connectivity index (χ0n) is 10.9. The van der Waals surface area contributed by atoms with Gasteiger partial charge in [0.05, 0.1) is 0 Å². The maximum absolute atomic E-state index is 12.1. The topological polar surface area (TPSA) is 94.0 Å². The molecule has 0 aliphatic heterocycles. The van der Waals surface area contributed by atoms with Gasteiger partial charge >= 0.3 is 0 Å². The summed E-state index contributed by atoms with van der Waals surface area (Å²) < 4.78 is 4.92. The number of nitrogens with zero attached hydrogens (tertiary/aromatic N) is 2. The van der Waals surface area contributed by atoms with E-state index in [0.717, 1.165) is 0 Å². The van der Waals surface area contributed by atoms with E-state index in [1.54, 1.807) is 24.5 Å². The highest BCUT2D eigenvalue weighted by Gasteiger charge is 2.22. The minimum Gasteiger partial charge on any atom is -0.367 e. The van der Waals surface area contributed by atoms with Gasteiger partial charge < -0.3 is 15.6 Å². The van der Waals surface area contributed by atoms with Crippen LogP contribution < -0.4 is 11.1 Å². The van der Waals surface area contributed by atoms with Crippen LogP contribution >= 0.6 is 0 Å². The number of aromatic nitrogens is 2. The van der Waals surface area contributed by atoms with E-state index in [4.69, 9.17) is 10.3 Å². The molecule has 0 atom stereocenters. The lowest BCUT2D eigenvalue weighted by Crippen LogP contribution is -2.28. The van der Waals surface area contributed by atoms with Crippen molar-refractivity contribution in [2.24, 2.45) is 5.92 Å². The van der Waals surface area contributed by atoms with Crippen molar-refractivity contribution >= 4 is 11.8 Å². The van der Waals surface area contributed by atoms with Crippen LogP contribution in [0.25, 0.3) is 11.3 Å². The Balaban J connectivity index is 2.30. The van der Waals surface area contributed by atoms with Gasteiger partial charge in [-0.25, -0.2) is 0 Å². The van der Waals surface area contributed by atoms with Crippen LogP contribution in [0.3, 0.4) is 0 Å². The van der Waals surface area contributed by atoms with E-state index in [1.165, 1.54) is 0 Å². The molecule has 0 unspecified atom stereocenters. The average molecular weight is 260 g/mol. The summed E-state index contributed by atoms with van der Waals surface area (Å²) in [6.45, 7) is 4.59. The third-order valence-electron chi connectivity index (χ3n) is 2.55. The van der Waals surface area contributed by atoms with E-state index in [1.807, 2.05) is 13.8 Å². The summed E-state index contributed by atoms with van der Waals surface area (Å²) in [4.78, 5) is 16.1. The summed E-state index contributed by atoms with van der Waals surface area (Å²) in [5.74, 6) is 0.0817. The lowest BCUT2D eigenvalue weighted by Gasteiger charge is -2.07. The first-order valence-electron chi connectivity index (χ1n) is 6.03. The molecular formula is C13H16N4O2. The first-order valence-corrected chi connectivity index (χ1v) is 6.03. The van der Waals surface area contributed by atoms with E-state index in [9.17, 15) is 4.79 Å². The second-order valence-electron chi connectivity index (χ2n) is 4.62. The van der Waals surface area contributed by atoms with Crippen molar-refractivity contribution in [2.75, 3.05) is 12.3 Å². The number of hydrogen-bond donors (Lipinski definition) is 2. The predicted molar refractivity (Wildman–Crippen MR) is 71.3 cm³/mol. The van der Waals surface area contributed by atoms with E-state index >= 15 is 0 Å². The number of amides is 1. The molecule has 2 rings (SSSR count). The van der Waals surface area contributed by atoms with E-state index < -0.39 is 0 Å². The smallest absolute Gasteiger partial charge is 0.259 e. The zero-order valence-corrected chi connectivity index (χ0v) is 10.9. The highest BCUT2D eigenvalue weighted by Crippen LogP contribution is 2.26. The monoisotopic (exact) mass is 260 g/mol. The molecule has 19 heavy (non-hydrogen) atoms. The molecule has 3 N–H and O–H groups in total. The number of nitrogen functional groups attached to an aromatic ring is 1. The molecule has 0 saturated carbocycles. The molecule has 0 radical (unpaired) electrons. The fourth-order valence-corrected chi connectivity index (χ4v) is 1.61. The number of nitrogens with two attached hydrogens (primary N) is 1. The summed E-state index contributed by atoms with van der Waals surface area (Å²) in [6.07, 6.45) is 3.25. The van der Waals surface area contributed by atoms with Crippen LogP contribution in [-0.4, -0.2) is 22.6 Å². The molecule has 2 aromatic heterocycles. The number of anilines is 1. The Kier molecular flexibility index (Phi) is 3.79. The van der Waals surface area contributed by atoms with Crippen LogP contribution in [-0.2, 0) is 0 Å². The van der Waals surface area contributed by atoms with Crippen molar-refractivity contribution in [3.63, 3.8) is 0 Å². The summed E-state index contributed by atoms with van der Waals surface area (Å²) in [5.41, 5.74) is 7.04. The van der Waals surface area contributed by atoms with Crippen molar-refractivity contribution in [2.45, 2.75) is 13.8 Å². The van der Waals surface area contributed by atoms with Crippen molar-refractivity contribution in [3.8, 4) is 11.3 Å². The van der Waals surface area contributed by atoms with Crippen LogP contribution in [0.5, 0.6) is 0 Å². The first kappa shape index (κ1) is 13.1. The molecule has 0 aliphatic carbocycles. The molecule has 2 aromatic rings. The van der Waals surface area contributed by atoms with Gasteiger partial charge in [0.25, 0.3) is 5.91 Å². The largest absolute Gasteiger partial charge is 0.367 e. The average Bonchev–Trinajstić information content (AvgIpc) is 2.79. The summed E-state index contributed by atoms with van der Waals surface area (Å²) >= 11 is 0. The third kappa shape index (κ3) is 2.90. The number of hydrogen-bond acceptors (Lipinski definition) is 5. The number of pyridine rings is 1. The standard InChI is InChI=1S/C13H16N4O2/c1-8(2)6-16-13(18)10-11(17-19-12(10)14)9-4-3-5-15-7-9/h3-5,7-8H,6,14H2,1-2H3,(H,16,18). The minimum atomic E-state index is -0.286. The second kappa shape index (κ2) is 5.51. The third-order valence-corrected chi connectivity index (χ3v) is 2.55. The Morgan fingerprint density at radius 3 is 2.95 bits per heavy atom. The fraction of sp³-hybridized carbons (Fsp3) is 0.308. The van der Waals surface area contributed by atoms with Gasteiger partial charge in [0.15, 0.2) is 0 Å². The lowest BCUT2D eigenvalue weighted by atomic mass is 10.1. The van der Waals surface area contributed by atoms with Crippen molar-refractivity contribution in [1.82, 2.24) is 15.5 Å².